The lowest BCUT2D eigenvalue weighted by Crippen LogP contribution is -2.18. The highest BCUT2D eigenvalue weighted by Gasteiger charge is 2.28. The normalized spacial score (nSPS) is 18.1. The summed E-state index contributed by atoms with van der Waals surface area (Å²) in [5, 5.41) is 9.40. The summed E-state index contributed by atoms with van der Waals surface area (Å²) in [5.41, 5.74) is 0.626. The summed E-state index contributed by atoms with van der Waals surface area (Å²) in [5.74, 6) is -2.45. The molecule has 1 unspecified atom stereocenters. The Hall–Kier alpha value is -1.82. The highest BCUT2D eigenvalue weighted by molar-refractivity contribution is 7.17. The van der Waals surface area contributed by atoms with Gasteiger partial charge in [-0.05, 0) is 18.9 Å². The first-order chi connectivity index (χ1) is 9.47. The number of hydrogen-bond acceptors (Lipinski definition) is 4. The Labute approximate surface area is 117 Å². The molecular formula is C14H11F2NO2S. The first kappa shape index (κ1) is 13.2. The van der Waals surface area contributed by atoms with Gasteiger partial charge < -0.3 is 5.11 Å². The zero-order valence-electron chi connectivity index (χ0n) is 10.6. The molecule has 0 saturated heterocycles. The molecule has 3 nitrogen and oxygen atoms in total. The van der Waals surface area contributed by atoms with Crippen molar-refractivity contribution in [3.8, 4) is 16.3 Å². The number of halogens is 2. The monoisotopic (exact) mass is 295 g/mol. The number of thiazole rings is 1. The topological polar surface area (TPSA) is 50.2 Å². The van der Waals surface area contributed by atoms with Gasteiger partial charge in [0, 0.05) is 17.5 Å². The standard InChI is InChI=1S/C14H11F2NO2S/c1-6-2-3-10-13(12(6)19)20-14(17-10)7-4-9(16)11(18)5-8(7)15/h4-6,18H,2-3H2,1H3. The number of ketones is 1. The molecular weight excluding hydrogens is 284 g/mol. The molecule has 1 atom stereocenters. The molecule has 0 spiro atoms. The number of carbonyl (C=O) groups excluding carboxylic acids is 1. The number of phenolic OH excluding ortho intramolecular Hbond substituents is 1. The Balaban J connectivity index is 2.11. The van der Waals surface area contributed by atoms with E-state index in [2.05, 4.69) is 4.98 Å². The van der Waals surface area contributed by atoms with Gasteiger partial charge in [0.2, 0.25) is 0 Å². The number of phenols is 1. The van der Waals surface area contributed by atoms with Gasteiger partial charge in [0.15, 0.2) is 17.3 Å². The SMILES string of the molecule is CC1CCc2nc(-c3cc(F)c(O)cc3F)sc2C1=O. The lowest BCUT2D eigenvalue weighted by molar-refractivity contribution is 0.0917. The zero-order valence-corrected chi connectivity index (χ0v) is 11.4. The summed E-state index contributed by atoms with van der Waals surface area (Å²) < 4.78 is 27.2. The molecule has 1 heterocycles. The minimum absolute atomic E-state index is 0.00894. The molecule has 0 fully saturated rings. The van der Waals surface area contributed by atoms with Crippen LogP contribution in [0.25, 0.3) is 10.6 Å². The lowest BCUT2D eigenvalue weighted by Gasteiger charge is -2.14. The lowest BCUT2D eigenvalue weighted by atomic mass is 9.92. The molecule has 104 valence electrons. The number of rotatable bonds is 1. The van der Waals surface area contributed by atoms with E-state index < -0.39 is 17.4 Å². The van der Waals surface area contributed by atoms with Crippen LogP contribution in [0.4, 0.5) is 8.78 Å². The van der Waals surface area contributed by atoms with Crippen LogP contribution in [0.5, 0.6) is 5.75 Å². The van der Waals surface area contributed by atoms with Crippen molar-refractivity contribution in [1.29, 1.82) is 0 Å². The van der Waals surface area contributed by atoms with Crippen LogP contribution >= 0.6 is 11.3 Å². The maximum Gasteiger partial charge on any atom is 0.177 e. The van der Waals surface area contributed by atoms with E-state index in [4.69, 9.17) is 5.11 Å². The highest BCUT2D eigenvalue weighted by atomic mass is 32.1. The van der Waals surface area contributed by atoms with Crippen LogP contribution in [0.3, 0.4) is 0 Å². The number of Topliss-reactive ketones (excluding diaryl/α,β-unsaturated/α-hetero) is 1. The van der Waals surface area contributed by atoms with Gasteiger partial charge >= 0.3 is 0 Å². The van der Waals surface area contributed by atoms with Gasteiger partial charge in [-0.2, -0.15) is 0 Å². The van der Waals surface area contributed by atoms with E-state index in [1.165, 1.54) is 0 Å². The van der Waals surface area contributed by atoms with Crippen LogP contribution in [0.1, 0.15) is 28.7 Å². The quantitative estimate of drug-likeness (QED) is 0.875. The molecule has 2 aromatic rings. The average Bonchev–Trinajstić information content (AvgIpc) is 2.83. The maximum atomic E-state index is 13.8. The van der Waals surface area contributed by atoms with Crippen LogP contribution in [-0.4, -0.2) is 15.9 Å². The first-order valence-electron chi connectivity index (χ1n) is 6.19. The third-order valence-corrected chi connectivity index (χ3v) is 4.60. The van der Waals surface area contributed by atoms with Crippen LogP contribution in [0, 0.1) is 17.6 Å². The van der Waals surface area contributed by atoms with Crippen molar-refractivity contribution in [1.82, 2.24) is 4.98 Å². The zero-order chi connectivity index (χ0) is 14.4. The Morgan fingerprint density at radius 2 is 2.10 bits per heavy atom. The molecule has 1 aliphatic rings. The third kappa shape index (κ3) is 2.00. The highest BCUT2D eigenvalue weighted by Crippen LogP contribution is 2.36. The second kappa shape index (κ2) is 4.63. The number of hydrogen-bond donors (Lipinski definition) is 1. The van der Waals surface area contributed by atoms with Gasteiger partial charge in [-0.3, -0.25) is 4.79 Å². The summed E-state index contributed by atoms with van der Waals surface area (Å²) in [4.78, 5) is 16.8. The molecule has 6 heteroatoms. The van der Waals surface area contributed by atoms with Crippen molar-refractivity contribution >= 4 is 17.1 Å². The van der Waals surface area contributed by atoms with E-state index >= 15 is 0 Å². The van der Waals surface area contributed by atoms with Crippen LogP contribution in [0.15, 0.2) is 12.1 Å². The molecule has 3 rings (SSSR count). The molecule has 1 aromatic carbocycles. The van der Waals surface area contributed by atoms with Gasteiger partial charge in [-0.15, -0.1) is 11.3 Å². The van der Waals surface area contributed by atoms with Crippen molar-refractivity contribution in [2.24, 2.45) is 5.92 Å². The average molecular weight is 295 g/mol. The summed E-state index contributed by atoms with van der Waals surface area (Å²) in [7, 11) is 0. The maximum absolute atomic E-state index is 13.8. The number of carbonyl (C=O) groups is 1. The number of aromatic hydroxyl groups is 1. The molecule has 20 heavy (non-hydrogen) atoms. The summed E-state index contributed by atoms with van der Waals surface area (Å²) in [6.45, 7) is 1.85. The smallest absolute Gasteiger partial charge is 0.177 e. The van der Waals surface area contributed by atoms with Crippen molar-refractivity contribution in [3.63, 3.8) is 0 Å². The molecule has 1 N–H and O–H groups in total. The minimum Gasteiger partial charge on any atom is -0.505 e. The van der Waals surface area contributed by atoms with Gasteiger partial charge in [-0.25, -0.2) is 13.8 Å². The fraction of sp³-hybridized carbons (Fsp3) is 0.286. The van der Waals surface area contributed by atoms with Crippen LogP contribution < -0.4 is 0 Å². The largest absolute Gasteiger partial charge is 0.505 e. The van der Waals surface area contributed by atoms with E-state index in [0.29, 0.717) is 17.0 Å². The van der Waals surface area contributed by atoms with Gasteiger partial charge in [0.1, 0.15) is 10.8 Å². The molecule has 1 aromatic heterocycles. The van der Waals surface area contributed by atoms with Crippen molar-refractivity contribution in [2.45, 2.75) is 19.8 Å². The molecule has 0 radical (unpaired) electrons. The Kier molecular flexibility index (Phi) is 3.05. The predicted molar refractivity (Wildman–Crippen MR) is 70.9 cm³/mol. The van der Waals surface area contributed by atoms with Crippen LogP contribution in [0.2, 0.25) is 0 Å². The fourth-order valence-electron chi connectivity index (χ4n) is 2.24. The summed E-state index contributed by atoms with van der Waals surface area (Å²) in [6, 6.07) is 1.62. The van der Waals surface area contributed by atoms with Gasteiger partial charge in [0.05, 0.1) is 10.6 Å². The van der Waals surface area contributed by atoms with Crippen molar-refractivity contribution in [2.75, 3.05) is 0 Å². The number of benzene rings is 1. The Bertz CT molecular complexity index is 711. The van der Waals surface area contributed by atoms with Gasteiger partial charge in [0.25, 0.3) is 0 Å². The van der Waals surface area contributed by atoms with Gasteiger partial charge in [-0.1, -0.05) is 6.92 Å². The summed E-state index contributed by atoms with van der Waals surface area (Å²) >= 11 is 1.08. The van der Waals surface area contributed by atoms with E-state index in [9.17, 15) is 13.6 Å². The predicted octanol–water partition coefficient (Wildman–Crippen LogP) is 3.56. The van der Waals surface area contributed by atoms with Crippen LogP contribution in [-0.2, 0) is 6.42 Å². The summed E-state index contributed by atoms with van der Waals surface area (Å²) in [6.07, 6.45) is 1.39. The molecule has 0 amide bonds. The number of aromatic nitrogens is 1. The van der Waals surface area contributed by atoms with Crippen molar-refractivity contribution in [3.05, 3.63) is 34.3 Å². The third-order valence-electron chi connectivity index (χ3n) is 3.45. The van der Waals surface area contributed by atoms with E-state index in [-0.39, 0.29) is 22.3 Å². The molecule has 1 aliphatic carbocycles. The van der Waals surface area contributed by atoms with E-state index in [1.807, 2.05) is 6.92 Å². The van der Waals surface area contributed by atoms with E-state index in [0.717, 1.165) is 29.9 Å². The Morgan fingerprint density at radius 3 is 2.85 bits per heavy atom. The first-order valence-corrected chi connectivity index (χ1v) is 7.01. The second-order valence-corrected chi connectivity index (χ2v) is 5.88. The Morgan fingerprint density at radius 1 is 1.35 bits per heavy atom. The van der Waals surface area contributed by atoms with Crippen molar-refractivity contribution < 1.29 is 18.7 Å². The minimum atomic E-state index is -0.908. The number of fused-ring (bicyclic) bond motifs is 1. The number of aryl methyl sites for hydroxylation is 1. The second-order valence-electron chi connectivity index (χ2n) is 4.88. The molecule has 0 aliphatic heterocycles. The molecule has 0 bridgehead atoms. The van der Waals surface area contributed by atoms with E-state index in [1.54, 1.807) is 0 Å². The number of nitrogens with zero attached hydrogens (tertiary/aromatic N) is 1. The molecule has 0 saturated carbocycles. The fourth-order valence-corrected chi connectivity index (χ4v) is 3.42.